The fourth-order valence-electron chi connectivity index (χ4n) is 5.44. The van der Waals surface area contributed by atoms with Gasteiger partial charge >= 0.3 is 0 Å². The van der Waals surface area contributed by atoms with Crippen LogP contribution in [0.2, 0.25) is 5.02 Å². The van der Waals surface area contributed by atoms with E-state index in [4.69, 9.17) is 11.6 Å². The molecule has 42 heavy (non-hydrogen) atoms. The summed E-state index contributed by atoms with van der Waals surface area (Å²) in [5, 5.41) is 3.55. The molecule has 0 heterocycles. The lowest BCUT2D eigenvalue weighted by Gasteiger charge is -2.34. The molecule has 7 nitrogen and oxygen atoms in total. The maximum atomic E-state index is 14.3. The lowest BCUT2D eigenvalue weighted by atomic mass is 10.1. The molecule has 224 valence electrons. The largest absolute Gasteiger partial charge is 0.352 e. The maximum absolute atomic E-state index is 14.3. The first-order valence-corrected chi connectivity index (χ1v) is 16.3. The Kier molecular flexibility index (Phi) is 10.3. The zero-order valence-electron chi connectivity index (χ0n) is 24.8. The van der Waals surface area contributed by atoms with E-state index in [1.807, 2.05) is 58.0 Å². The number of hydrogen-bond acceptors (Lipinski definition) is 4. The zero-order chi connectivity index (χ0) is 30.4. The monoisotopic (exact) mass is 609 g/mol. The fraction of sp³-hybridized carbons (Fsp3) is 0.394. The second kappa shape index (κ2) is 13.7. The number of anilines is 1. The van der Waals surface area contributed by atoms with Gasteiger partial charge in [0, 0.05) is 17.6 Å². The summed E-state index contributed by atoms with van der Waals surface area (Å²) in [5.74, 6) is -0.663. The van der Waals surface area contributed by atoms with E-state index in [0.717, 1.165) is 52.2 Å². The van der Waals surface area contributed by atoms with Crippen molar-refractivity contribution in [3.63, 3.8) is 0 Å². The molecule has 9 heteroatoms. The standard InChI is InChI=1S/C33H40ClN3O4S/c1-5-31(33(39)35-28-11-6-7-12-28)36(21-26-10-8-9-23(2)19-26)32(38)22-37(29-16-13-24(3)25(4)20-29)42(40,41)30-17-14-27(34)15-18-30/h8-10,13-20,28,31H,5-7,11-12,21-22H2,1-4H3,(H,35,39)/t31-/m0/s1. The van der Waals surface area contributed by atoms with Gasteiger partial charge < -0.3 is 10.2 Å². The number of halogens is 1. The van der Waals surface area contributed by atoms with Gasteiger partial charge in [-0.3, -0.25) is 13.9 Å². The van der Waals surface area contributed by atoms with Crippen LogP contribution in [0.5, 0.6) is 0 Å². The number of nitrogens with zero attached hydrogens (tertiary/aromatic N) is 2. The summed E-state index contributed by atoms with van der Waals surface area (Å²) in [6.45, 7) is 7.41. The molecule has 1 fully saturated rings. The Balaban J connectivity index is 1.73. The minimum Gasteiger partial charge on any atom is -0.352 e. The number of carbonyl (C=O) groups is 2. The van der Waals surface area contributed by atoms with Crippen LogP contribution in [0.25, 0.3) is 0 Å². The van der Waals surface area contributed by atoms with Crippen molar-refractivity contribution in [2.45, 2.75) is 83.3 Å². The molecule has 0 saturated heterocycles. The number of hydrogen-bond donors (Lipinski definition) is 1. The summed E-state index contributed by atoms with van der Waals surface area (Å²) in [7, 11) is -4.15. The van der Waals surface area contributed by atoms with Crippen molar-refractivity contribution >= 4 is 39.1 Å². The van der Waals surface area contributed by atoms with Crippen molar-refractivity contribution in [2.75, 3.05) is 10.8 Å². The molecular weight excluding hydrogens is 570 g/mol. The Hall–Kier alpha value is -3.36. The number of sulfonamides is 1. The Bertz CT molecular complexity index is 1520. The van der Waals surface area contributed by atoms with Crippen molar-refractivity contribution in [1.29, 1.82) is 0 Å². The van der Waals surface area contributed by atoms with Crippen LogP contribution in [0.1, 0.15) is 61.3 Å². The average Bonchev–Trinajstić information content (AvgIpc) is 3.46. The molecule has 3 aromatic rings. The number of amides is 2. The quantitative estimate of drug-likeness (QED) is 0.275. The fourth-order valence-corrected chi connectivity index (χ4v) is 6.97. The summed E-state index contributed by atoms with van der Waals surface area (Å²) in [6.07, 6.45) is 4.38. The summed E-state index contributed by atoms with van der Waals surface area (Å²) < 4.78 is 29.2. The van der Waals surface area contributed by atoms with Crippen molar-refractivity contribution in [2.24, 2.45) is 0 Å². The highest BCUT2D eigenvalue weighted by Gasteiger charge is 2.34. The Morgan fingerprint density at radius 2 is 1.64 bits per heavy atom. The van der Waals surface area contributed by atoms with Gasteiger partial charge in [-0.2, -0.15) is 0 Å². The molecule has 4 rings (SSSR count). The molecule has 2 amide bonds. The van der Waals surface area contributed by atoms with Gasteiger partial charge in [0.1, 0.15) is 12.6 Å². The third-order valence-electron chi connectivity index (χ3n) is 7.98. The number of benzene rings is 3. The molecule has 0 radical (unpaired) electrons. The van der Waals surface area contributed by atoms with Gasteiger partial charge in [0.15, 0.2) is 0 Å². The van der Waals surface area contributed by atoms with Gasteiger partial charge in [-0.05, 0) is 93.1 Å². The molecule has 1 aliphatic carbocycles. The predicted molar refractivity (Wildman–Crippen MR) is 168 cm³/mol. The Labute approximate surface area is 254 Å². The molecule has 0 unspecified atom stereocenters. The van der Waals surface area contributed by atoms with Crippen LogP contribution in [0.15, 0.2) is 71.6 Å². The van der Waals surface area contributed by atoms with Crippen LogP contribution in [-0.4, -0.2) is 43.8 Å². The maximum Gasteiger partial charge on any atom is 0.264 e. The minimum atomic E-state index is -4.15. The number of rotatable bonds is 11. The predicted octanol–water partition coefficient (Wildman–Crippen LogP) is 6.33. The minimum absolute atomic E-state index is 0.0224. The molecule has 1 N–H and O–H groups in total. The molecule has 0 spiro atoms. The number of nitrogens with one attached hydrogen (secondary N) is 1. The Morgan fingerprint density at radius 3 is 2.26 bits per heavy atom. The molecule has 0 bridgehead atoms. The lowest BCUT2D eigenvalue weighted by molar-refractivity contribution is -0.140. The smallest absolute Gasteiger partial charge is 0.264 e. The van der Waals surface area contributed by atoms with Crippen LogP contribution >= 0.6 is 11.6 Å². The summed E-state index contributed by atoms with van der Waals surface area (Å²) >= 11 is 6.04. The summed E-state index contributed by atoms with van der Waals surface area (Å²) in [4.78, 5) is 29.4. The molecule has 0 aliphatic heterocycles. The molecule has 1 saturated carbocycles. The van der Waals surface area contributed by atoms with Gasteiger partial charge in [-0.15, -0.1) is 0 Å². The third-order valence-corrected chi connectivity index (χ3v) is 10.0. The number of carbonyl (C=O) groups excluding carboxylic acids is 2. The second-order valence-corrected chi connectivity index (χ2v) is 13.5. The number of aryl methyl sites for hydroxylation is 3. The van der Waals surface area contributed by atoms with Crippen molar-refractivity contribution in [1.82, 2.24) is 10.2 Å². The van der Waals surface area contributed by atoms with E-state index >= 15 is 0 Å². The van der Waals surface area contributed by atoms with Gasteiger partial charge in [-0.1, -0.05) is 67.3 Å². The van der Waals surface area contributed by atoms with Crippen molar-refractivity contribution in [3.05, 3.63) is 94.0 Å². The molecule has 1 atom stereocenters. The van der Waals surface area contributed by atoms with E-state index in [1.54, 1.807) is 12.1 Å². The zero-order valence-corrected chi connectivity index (χ0v) is 26.3. The van der Waals surface area contributed by atoms with Gasteiger partial charge in [0.05, 0.1) is 10.6 Å². The van der Waals surface area contributed by atoms with E-state index in [1.165, 1.54) is 29.2 Å². The molecule has 3 aromatic carbocycles. The normalized spacial score (nSPS) is 14.4. The van der Waals surface area contributed by atoms with E-state index in [-0.39, 0.29) is 23.4 Å². The molecule has 0 aromatic heterocycles. The van der Waals surface area contributed by atoms with Crippen LogP contribution in [0.3, 0.4) is 0 Å². The highest BCUT2D eigenvalue weighted by atomic mass is 35.5. The van der Waals surface area contributed by atoms with Crippen LogP contribution < -0.4 is 9.62 Å². The lowest BCUT2D eigenvalue weighted by Crippen LogP contribution is -2.53. The average molecular weight is 610 g/mol. The van der Waals surface area contributed by atoms with Crippen LogP contribution in [0.4, 0.5) is 5.69 Å². The third kappa shape index (κ3) is 7.53. The van der Waals surface area contributed by atoms with Crippen molar-refractivity contribution in [3.8, 4) is 0 Å². The topological polar surface area (TPSA) is 86.8 Å². The van der Waals surface area contributed by atoms with Gasteiger partial charge in [0.2, 0.25) is 11.8 Å². The highest BCUT2D eigenvalue weighted by Crippen LogP contribution is 2.28. The van der Waals surface area contributed by atoms with E-state index in [2.05, 4.69) is 5.32 Å². The van der Waals surface area contributed by atoms with Crippen LogP contribution in [-0.2, 0) is 26.2 Å². The van der Waals surface area contributed by atoms with Crippen molar-refractivity contribution < 1.29 is 18.0 Å². The first-order valence-electron chi connectivity index (χ1n) is 14.5. The first-order chi connectivity index (χ1) is 20.0. The highest BCUT2D eigenvalue weighted by molar-refractivity contribution is 7.92. The van der Waals surface area contributed by atoms with E-state index < -0.39 is 28.5 Å². The molecule has 1 aliphatic rings. The second-order valence-electron chi connectivity index (χ2n) is 11.2. The molecular formula is C33H40ClN3O4S. The van der Waals surface area contributed by atoms with Crippen LogP contribution in [0, 0.1) is 20.8 Å². The SMILES string of the molecule is CC[C@@H](C(=O)NC1CCCC1)N(Cc1cccc(C)c1)C(=O)CN(c1ccc(C)c(C)c1)S(=O)(=O)c1ccc(Cl)cc1. The summed E-state index contributed by atoms with van der Waals surface area (Å²) in [6, 6.07) is 18.3. The van der Waals surface area contributed by atoms with E-state index in [0.29, 0.717) is 17.1 Å². The van der Waals surface area contributed by atoms with Gasteiger partial charge in [0.25, 0.3) is 10.0 Å². The van der Waals surface area contributed by atoms with Gasteiger partial charge in [-0.25, -0.2) is 8.42 Å². The summed E-state index contributed by atoms with van der Waals surface area (Å²) in [5.41, 5.74) is 4.18. The Morgan fingerprint density at radius 1 is 0.952 bits per heavy atom. The first kappa shape index (κ1) is 31.6. The van der Waals surface area contributed by atoms with E-state index in [9.17, 15) is 18.0 Å².